The first-order chi connectivity index (χ1) is 11.7. The predicted molar refractivity (Wildman–Crippen MR) is 97.7 cm³/mol. The lowest BCUT2D eigenvalue weighted by atomic mass is 10.1. The number of carbonyl (C=O) groups is 1. The van der Waals surface area contributed by atoms with Gasteiger partial charge in [-0.2, -0.15) is 0 Å². The third-order valence-corrected chi connectivity index (χ3v) is 4.44. The standard InChI is InChI=1S/C19H24N4O/c1-3-22-11-13-23(14-12-22)17-9-7-16(8-10-17)19(24)21-18-6-4-5-15(2)20-18/h4-10H,3,11-14H2,1-2H3,(H,20,21,24). The van der Waals surface area contributed by atoms with E-state index in [0.29, 0.717) is 11.4 Å². The van der Waals surface area contributed by atoms with E-state index in [0.717, 1.165) is 38.4 Å². The van der Waals surface area contributed by atoms with E-state index in [-0.39, 0.29) is 5.91 Å². The number of pyridine rings is 1. The maximum absolute atomic E-state index is 12.3. The second-order valence-electron chi connectivity index (χ2n) is 6.09. The van der Waals surface area contributed by atoms with Gasteiger partial charge in [-0.05, 0) is 49.9 Å². The molecular formula is C19H24N4O. The molecule has 2 aromatic rings. The van der Waals surface area contributed by atoms with E-state index in [9.17, 15) is 4.79 Å². The van der Waals surface area contributed by atoms with E-state index < -0.39 is 0 Å². The molecule has 5 nitrogen and oxygen atoms in total. The summed E-state index contributed by atoms with van der Waals surface area (Å²) >= 11 is 0. The van der Waals surface area contributed by atoms with Gasteiger partial charge in [-0.3, -0.25) is 4.79 Å². The number of nitrogens with one attached hydrogen (secondary N) is 1. The Hall–Kier alpha value is -2.40. The highest BCUT2D eigenvalue weighted by Crippen LogP contribution is 2.18. The molecule has 0 saturated carbocycles. The highest BCUT2D eigenvalue weighted by molar-refractivity contribution is 6.03. The Balaban J connectivity index is 1.63. The molecule has 0 unspecified atom stereocenters. The van der Waals surface area contributed by atoms with Crippen LogP contribution in [0.1, 0.15) is 23.0 Å². The van der Waals surface area contributed by atoms with Gasteiger partial charge in [-0.25, -0.2) is 4.98 Å². The Morgan fingerprint density at radius 3 is 2.42 bits per heavy atom. The third-order valence-electron chi connectivity index (χ3n) is 4.44. The van der Waals surface area contributed by atoms with Crippen molar-refractivity contribution in [3.05, 3.63) is 53.7 Å². The topological polar surface area (TPSA) is 48.5 Å². The Bertz CT molecular complexity index is 691. The molecule has 5 heteroatoms. The predicted octanol–water partition coefficient (Wildman–Crippen LogP) is 2.78. The van der Waals surface area contributed by atoms with Crippen molar-refractivity contribution in [2.45, 2.75) is 13.8 Å². The first-order valence-corrected chi connectivity index (χ1v) is 8.48. The van der Waals surface area contributed by atoms with E-state index in [1.807, 2.05) is 43.3 Å². The zero-order chi connectivity index (χ0) is 16.9. The summed E-state index contributed by atoms with van der Waals surface area (Å²) in [5.74, 6) is 0.454. The summed E-state index contributed by atoms with van der Waals surface area (Å²) in [6.07, 6.45) is 0. The van der Waals surface area contributed by atoms with Gasteiger partial charge in [-0.1, -0.05) is 13.0 Å². The lowest BCUT2D eigenvalue weighted by Gasteiger charge is -2.35. The highest BCUT2D eigenvalue weighted by atomic mass is 16.1. The molecule has 126 valence electrons. The summed E-state index contributed by atoms with van der Waals surface area (Å²) in [6.45, 7) is 9.48. The molecule has 1 N–H and O–H groups in total. The van der Waals surface area contributed by atoms with Crippen LogP contribution < -0.4 is 10.2 Å². The van der Waals surface area contributed by atoms with Crippen LogP contribution >= 0.6 is 0 Å². The third kappa shape index (κ3) is 3.92. The normalized spacial score (nSPS) is 15.3. The largest absolute Gasteiger partial charge is 0.369 e. The molecular weight excluding hydrogens is 300 g/mol. The Morgan fingerprint density at radius 2 is 1.79 bits per heavy atom. The fraction of sp³-hybridized carbons (Fsp3) is 0.368. The summed E-state index contributed by atoms with van der Waals surface area (Å²) in [5.41, 5.74) is 2.71. The van der Waals surface area contributed by atoms with Gasteiger partial charge in [0.05, 0.1) is 0 Å². The molecule has 1 amide bonds. The van der Waals surface area contributed by atoms with E-state index >= 15 is 0 Å². The van der Waals surface area contributed by atoms with Gasteiger partial charge < -0.3 is 15.1 Å². The van der Waals surface area contributed by atoms with Crippen LogP contribution in [0.25, 0.3) is 0 Å². The van der Waals surface area contributed by atoms with Crippen molar-refractivity contribution in [2.75, 3.05) is 42.9 Å². The molecule has 0 radical (unpaired) electrons. The van der Waals surface area contributed by atoms with Crippen LogP contribution in [0.4, 0.5) is 11.5 Å². The average Bonchev–Trinajstić information content (AvgIpc) is 2.62. The molecule has 1 aliphatic rings. The van der Waals surface area contributed by atoms with E-state index in [2.05, 4.69) is 27.0 Å². The average molecular weight is 324 g/mol. The zero-order valence-corrected chi connectivity index (χ0v) is 14.3. The molecule has 24 heavy (non-hydrogen) atoms. The number of piperazine rings is 1. The smallest absolute Gasteiger partial charge is 0.256 e. The second kappa shape index (κ2) is 7.45. The van der Waals surface area contributed by atoms with Crippen LogP contribution in [0.2, 0.25) is 0 Å². The molecule has 1 fully saturated rings. The van der Waals surface area contributed by atoms with Crippen molar-refractivity contribution in [3.63, 3.8) is 0 Å². The summed E-state index contributed by atoms with van der Waals surface area (Å²) in [4.78, 5) is 21.4. The fourth-order valence-electron chi connectivity index (χ4n) is 2.95. The SMILES string of the molecule is CCN1CCN(c2ccc(C(=O)Nc3cccc(C)n3)cc2)CC1. The number of aromatic nitrogens is 1. The van der Waals surface area contributed by atoms with Gasteiger partial charge in [0.15, 0.2) is 0 Å². The molecule has 1 aliphatic heterocycles. The van der Waals surface area contributed by atoms with Crippen molar-refractivity contribution in [1.82, 2.24) is 9.88 Å². The van der Waals surface area contributed by atoms with Gasteiger partial charge in [0.2, 0.25) is 0 Å². The molecule has 1 aromatic heterocycles. The van der Waals surface area contributed by atoms with Crippen molar-refractivity contribution in [3.8, 4) is 0 Å². The van der Waals surface area contributed by atoms with E-state index in [1.165, 1.54) is 5.69 Å². The second-order valence-corrected chi connectivity index (χ2v) is 6.09. The van der Waals surface area contributed by atoms with Gasteiger partial charge in [-0.15, -0.1) is 0 Å². The number of benzene rings is 1. The van der Waals surface area contributed by atoms with Crippen LogP contribution in [-0.4, -0.2) is 48.5 Å². The first-order valence-electron chi connectivity index (χ1n) is 8.48. The number of likely N-dealkylation sites (N-methyl/N-ethyl adjacent to an activating group) is 1. The maximum Gasteiger partial charge on any atom is 0.256 e. The fourth-order valence-corrected chi connectivity index (χ4v) is 2.95. The van der Waals surface area contributed by atoms with Crippen LogP contribution in [0.5, 0.6) is 0 Å². The van der Waals surface area contributed by atoms with E-state index in [1.54, 1.807) is 6.07 Å². The minimum Gasteiger partial charge on any atom is -0.369 e. The number of aryl methyl sites for hydroxylation is 1. The Kier molecular flexibility index (Phi) is 5.11. The van der Waals surface area contributed by atoms with Crippen LogP contribution in [0.3, 0.4) is 0 Å². The summed E-state index contributed by atoms with van der Waals surface area (Å²) in [6, 6.07) is 13.4. The summed E-state index contributed by atoms with van der Waals surface area (Å²) in [7, 11) is 0. The molecule has 1 saturated heterocycles. The molecule has 2 heterocycles. The minimum absolute atomic E-state index is 0.129. The monoisotopic (exact) mass is 324 g/mol. The molecule has 0 bridgehead atoms. The van der Waals surface area contributed by atoms with Crippen LogP contribution in [0.15, 0.2) is 42.5 Å². The van der Waals surface area contributed by atoms with Crippen molar-refractivity contribution in [1.29, 1.82) is 0 Å². The Labute approximate surface area is 143 Å². The number of rotatable bonds is 4. The van der Waals surface area contributed by atoms with Crippen LogP contribution in [-0.2, 0) is 0 Å². The lowest BCUT2D eigenvalue weighted by molar-refractivity contribution is 0.102. The Morgan fingerprint density at radius 1 is 1.08 bits per heavy atom. The van der Waals surface area contributed by atoms with Crippen molar-refractivity contribution >= 4 is 17.4 Å². The van der Waals surface area contributed by atoms with Crippen molar-refractivity contribution < 1.29 is 4.79 Å². The number of hydrogen-bond acceptors (Lipinski definition) is 4. The van der Waals surface area contributed by atoms with Crippen molar-refractivity contribution in [2.24, 2.45) is 0 Å². The lowest BCUT2D eigenvalue weighted by Crippen LogP contribution is -2.46. The van der Waals surface area contributed by atoms with E-state index in [4.69, 9.17) is 0 Å². The molecule has 1 aromatic carbocycles. The zero-order valence-electron chi connectivity index (χ0n) is 14.3. The van der Waals surface area contributed by atoms with Crippen LogP contribution in [0, 0.1) is 6.92 Å². The van der Waals surface area contributed by atoms with Gasteiger partial charge in [0, 0.05) is 43.1 Å². The minimum atomic E-state index is -0.129. The number of amides is 1. The van der Waals surface area contributed by atoms with Gasteiger partial charge in [0.25, 0.3) is 5.91 Å². The highest BCUT2D eigenvalue weighted by Gasteiger charge is 2.16. The molecule has 0 atom stereocenters. The first kappa shape index (κ1) is 16.5. The molecule has 0 spiro atoms. The number of anilines is 2. The maximum atomic E-state index is 12.3. The summed E-state index contributed by atoms with van der Waals surface area (Å²) in [5, 5.41) is 2.84. The number of carbonyl (C=O) groups excluding carboxylic acids is 1. The molecule has 3 rings (SSSR count). The van der Waals surface area contributed by atoms with Gasteiger partial charge >= 0.3 is 0 Å². The number of nitrogens with zero attached hydrogens (tertiary/aromatic N) is 3. The molecule has 0 aliphatic carbocycles. The summed E-state index contributed by atoms with van der Waals surface area (Å²) < 4.78 is 0. The van der Waals surface area contributed by atoms with Gasteiger partial charge in [0.1, 0.15) is 5.82 Å². The number of hydrogen-bond donors (Lipinski definition) is 1. The quantitative estimate of drug-likeness (QED) is 0.939.